The molecule has 1 aliphatic rings. The van der Waals surface area contributed by atoms with Gasteiger partial charge in [-0.15, -0.1) is 0 Å². The largest absolute Gasteiger partial charge is 0.467 e. The van der Waals surface area contributed by atoms with Gasteiger partial charge in [-0.1, -0.05) is 5.16 Å². The Bertz CT molecular complexity index is 1170. The molecule has 1 aliphatic heterocycles. The smallest absolute Gasteiger partial charge is 0.258 e. The molecule has 29 heavy (non-hydrogen) atoms. The number of nitrogens with two attached hydrogens (primary N) is 1. The first kappa shape index (κ1) is 18.4. The zero-order chi connectivity index (χ0) is 20.7. The van der Waals surface area contributed by atoms with E-state index in [1.807, 2.05) is 6.07 Å². The van der Waals surface area contributed by atoms with Crippen LogP contribution in [0.2, 0.25) is 0 Å². The molecule has 0 saturated carbocycles. The van der Waals surface area contributed by atoms with Crippen LogP contribution in [-0.4, -0.2) is 33.0 Å². The van der Waals surface area contributed by atoms with Gasteiger partial charge < -0.3 is 19.9 Å². The van der Waals surface area contributed by atoms with E-state index in [2.05, 4.69) is 15.1 Å². The standard InChI is InChI=1S/C19H15FN6O3/c1-9-12-5-10(20)3-4-11(12)19(27)26(2)8-15-16(13(6-21)25-29-15)14-7-23-17(22)18(24-14)28-9/h3-5,7,9H,8H2,1-2H3,(H2,22,23). The maximum absolute atomic E-state index is 13.9. The number of benzene rings is 1. The summed E-state index contributed by atoms with van der Waals surface area (Å²) in [6.07, 6.45) is 0.618. The van der Waals surface area contributed by atoms with Crippen LogP contribution in [0, 0.1) is 17.1 Å². The number of carbonyl (C=O) groups is 1. The van der Waals surface area contributed by atoms with Gasteiger partial charge in [0.1, 0.15) is 18.0 Å². The number of rotatable bonds is 0. The number of hydrogen-bond acceptors (Lipinski definition) is 8. The van der Waals surface area contributed by atoms with Crippen molar-refractivity contribution in [3.63, 3.8) is 0 Å². The maximum Gasteiger partial charge on any atom is 0.258 e. The molecule has 0 aliphatic carbocycles. The highest BCUT2D eigenvalue weighted by molar-refractivity contribution is 5.95. The molecule has 0 spiro atoms. The van der Waals surface area contributed by atoms with E-state index in [0.717, 1.165) is 0 Å². The Labute approximate surface area is 164 Å². The van der Waals surface area contributed by atoms with Crippen LogP contribution in [0.5, 0.6) is 5.88 Å². The molecule has 2 bridgehead atoms. The fraction of sp³-hybridized carbons (Fsp3) is 0.211. The van der Waals surface area contributed by atoms with Crippen LogP contribution in [0.3, 0.4) is 0 Å². The number of amides is 1. The van der Waals surface area contributed by atoms with Crippen molar-refractivity contribution in [2.24, 2.45) is 0 Å². The molecule has 0 radical (unpaired) electrons. The van der Waals surface area contributed by atoms with Crippen molar-refractivity contribution >= 4 is 11.7 Å². The SMILES string of the molecule is CC1Oc2nc(cnc2N)-c2c(C#N)noc2CN(C)C(=O)c2ccc(F)cc21. The molecule has 0 fully saturated rings. The lowest BCUT2D eigenvalue weighted by Gasteiger charge is -2.22. The molecule has 1 atom stereocenters. The molecule has 4 rings (SSSR count). The Morgan fingerprint density at radius 3 is 2.97 bits per heavy atom. The van der Waals surface area contributed by atoms with Crippen molar-refractivity contribution in [3.05, 3.63) is 52.8 Å². The van der Waals surface area contributed by atoms with E-state index in [9.17, 15) is 14.4 Å². The van der Waals surface area contributed by atoms with Gasteiger partial charge in [-0.25, -0.2) is 14.4 Å². The highest BCUT2D eigenvalue weighted by atomic mass is 19.1. The van der Waals surface area contributed by atoms with Gasteiger partial charge in [-0.3, -0.25) is 4.79 Å². The average molecular weight is 394 g/mol. The summed E-state index contributed by atoms with van der Waals surface area (Å²) in [7, 11) is 1.56. The minimum absolute atomic E-state index is 0.00144. The van der Waals surface area contributed by atoms with Crippen molar-refractivity contribution < 1.29 is 18.4 Å². The topological polar surface area (TPSA) is 131 Å². The Balaban J connectivity index is 1.96. The van der Waals surface area contributed by atoms with Crippen LogP contribution in [-0.2, 0) is 6.54 Å². The zero-order valence-corrected chi connectivity index (χ0v) is 15.5. The number of aromatic nitrogens is 3. The second-order valence-electron chi connectivity index (χ2n) is 6.54. The number of nitrogens with zero attached hydrogens (tertiary/aromatic N) is 5. The van der Waals surface area contributed by atoms with E-state index in [1.54, 1.807) is 14.0 Å². The summed E-state index contributed by atoms with van der Waals surface area (Å²) in [4.78, 5) is 22.9. The average Bonchev–Trinajstić information content (AvgIpc) is 3.10. The first-order valence-corrected chi connectivity index (χ1v) is 8.62. The Kier molecular flexibility index (Phi) is 4.35. The third-order valence-corrected chi connectivity index (χ3v) is 4.59. The molecule has 3 aromatic rings. The number of ether oxygens (including phenoxy) is 1. The summed E-state index contributed by atoms with van der Waals surface area (Å²) in [5.41, 5.74) is 7.04. The van der Waals surface area contributed by atoms with Gasteiger partial charge in [0.2, 0.25) is 0 Å². The minimum atomic E-state index is -0.748. The Morgan fingerprint density at radius 1 is 1.41 bits per heavy atom. The molecule has 1 aromatic carbocycles. The first-order chi connectivity index (χ1) is 13.9. The number of nitriles is 1. The molecule has 9 nitrogen and oxygen atoms in total. The third-order valence-electron chi connectivity index (χ3n) is 4.59. The van der Waals surface area contributed by atoms with Gasteiger partial charge in [0.15, 0.2) is 17.3 Å². The molecule has 2 N–H and O–H groups in total. The quantitative estimate of drug-likeness (QED) is 0.615. The number of carbonyl (C=O) groups excluding carboxylic acids is 1. The molecule has 1 unspecified atom stereocenters. The summed E-state index contributed by atoms with van der Waals surface area (Å²) >= 11 is 0. The van der Waals surface area contributed by atoms with Gasteiger partial charge in [0.25, 0.3) is 11.8 Å². The second-order valence-corrected chi connectivity index (χ2v) is 6.54. The maximum atomic E-state index is 13.9. The highest BCUT2D eigenvalue weighted by Crippen LogP contribution is 2.33. The molecule has 3 heterocycles. The van der Waals surface area contributed by atoms with Crippen molar-refractivity contribution in [3.8, 4) is 23.2 Å². The van der Waals surface area contributed by atoms with E-state index in [4.69, 9.17) is 15.0 Å². The molecule has 1 amide bonds. The molecule has 2 aromatic heterocycles. The number of hydrogen-bond donors (Lipinski definition) is 1. The van der Waals surface area contributed by atoms with Gasteiger partial charge in [0, 0.05) is 18.2 Å². The van der Waals surface area contributed by atoms with Gasteiger partial charge in [-0.05, 0) is 25.1 Å². The summed E-state index contributed by atoms with van der Waals surface area (Å²) in [6.45, 7) is 1.66. The van der Waals surface area contributed by atoms with E-state index in [-0.39, 0.29) is 46.9 Å². The van der Waals surface area contributed by atoms with Crippen LogP contribution >= 0.6 is 0 Å². The lowest BCUT2D eigenvalue weighted by molar-refractivity contribution is 0.0767. The van der Waals surface area contributed by atoms with E-state index >= 15 is 0 Å². The number of halogens is 1. The predicted molar refractivity (Wildman–Crippen MR) is 97.9 cm³/mol. The summed E-state index contributed by atoms with van der Waals surface area (Å²) in [5.74, 6) is -0.636. The molecule has 0 saturated heterocycles. The van der Waals surface area contributed by atoms with Gasteiger partial charge >= 0.3 is 0 Å². The molecular formula is C19H15FN6O3. The summed E-state index contributed by atoms with van der Waals surface area (Å²) in [6, 6.07) is 5.76. The fourth-order valence-electron chi connectivity index (χ4n) is 3.15. The normalized spacial score (nSPS) is 16.0. The first-order valence-electron chi connectivity index (χ1n) is 8.62. The Morgan fingerprint density at radius 2 is 2.21 bits per heavy atom. The fourth-order valence-corrected chi connectivity index (χ4v) is 3.15. The van der Waals surface area contributed by atoms with Crippen LogP contribution in [0.25, 0.3) is 11.3 Å². The number of fused-ring (bicyclic) bond motifs is 5. The monoisotopic (exact) mass is 394 g/mol. The van der Waals surface area contributed by atoms with E-state index in [1.165, 1.54) is 29.3 Å². The predicted octanol–water partition coefficient (Wildman–Crippen LogP) is 2.45. The van der Waals surface area contributed by atoms with Gasteiger partial charge in [-0.2, -0.15) is 5.26 Å². The van der Waals surface area contributed by atoms with Crippen molar-refractivity contribution in [2.45, 2.75) is 19.6 Å². The van der Waals surface area contributed by atoms with Crippen molar-refractivity contribution in [1.29, 1.82) is 5.26 Å². The lowest BCUT2D eigenvalue weighted by atomic mass is 10.0. The van der Waals surface area contributed by atoms with Gasteiger partial charge in [0.05, 0.1) is 24.0 Å². The van der Waals surface area contributed by atoms with Crippen LogP contribution in [0.1, 0.15) is 40.4 Å². The molecular weight excluding hydrogens is 379 g/mol. The van der Waals surface area contributed by atoms with Crippen LogP contribution in [0.15, 0.2) is 28.9 Å². The summed E-state index contributed by atoms with van der Waals surface area (Å²) < 4.78 is 25.0. The van der Waals surface area contributed by atoms with Crippen LogP contribution < -0.4 is 10.5 Å². The minimum Gasteiger partial charge on any atom is -0.467 e. The summed E-state index contributed by atoms with van der Waals surface area (Å²) in [5, 5.41) is 13.1. The second kappa shape index (κ2) is 6.87. The van der Waals surface area contributed by atoms with Crippen molar-refractivity contribution in [2.75, 3.05) is 12.8 Å². The molecule has 146 valence electrons. The van der Waals surface area contributed by atoms with E-state index < -0.39 is 11.9 Å². The number of anilines is 1. The van der Waals surface area contributed by atoms with E-state index in [0.29, 0.717) is 11.1 Å². The molecule has 10 heteroatoms. The highest BCUT2D eigenvalue weighted by Gasteiger charge is 2.27. The lowest BCUT2D eigenvalue weighted by Crippen LogP contribution is -2.28. The Hall–Kier alpha value is -4.00. The number of nitrogen functional groups attached to an aromatic ring is 1. The zero-order valence-electron chi connectivity index (χ0n) is 15.5. The van der Waals surface area contributed by atoms with Crippen LogP contribution in [0.4, 0.5) is 10.2 Å². The van der Waals surface area contributed by atoms with Crippen molar-refractivity contribution in [1.82, 2.24) is 20.0 Å². The third kappa shape index (κ3) is 3.12.